The second-order valence-electron chi connectivity index (χ2n) is 2.98. The van der Waals surface area contributed by atoms with Gasteiger partial charge in [0.15, 0.2) is 11.6 Å². The third-order valence-corrected chi connectivity index (χ3v) is 1.83. The Morgan fingerprint density at radius 3 is 2.62 bits per heavy atom. The molecule has 4 heteroatoms. The standard InChI is InChI=1S/C9H12FNO2/c1-5(11)8(12)6-3-2-4-7(10)9(6)13/h2-5,8,12-13H,11H2,1H3/t5-,8-/m0/s1. The lowest BCUT2D eigenvalue weighted by Crippen LogP contribution is -2.24. The molecule has 0 aliphatic heterocycles. The highest BCUT2D eigenvalue weighted by atomic mass is 19.1. The molecule has 1 aromatic rings. The minimum absolute atomic E-state index is 0.120. The second-order valence-corrected chi connectivity index (χ2v) is 2.98. The van der Waals surface area contributed by atoms with E-state index >= 15 is 0 Å². The van der Waals surface area contributed by atoms with E-state index in [-0.39, 0.29) is 5.56 Å². The summed E-state index contributed by atoms with van der Waals surface area (Å²) in [4.78, 5) is 0. The van der Waals surface area contributed by atoms with Gasteiger partial charge in [0.25, 0.3) is 0 Å². The van der Waals surface area contributed by atoms with Crippen LogP contribution in [0.25, 0.3) is 0 Å². The van der Waals surface area contributed by atoms with E-state index in [2.05, 4.69) is 0 Å². The van der Waals surface area contributed by atoms with E-state index in [1.54, 1.807) is 6.92 Å². The van der Waals surface area contributed by atoms with Crippen LogP contribution in [0, 0.1) is 5.82 Å². The minimum Gasteiger partial charge on any atom is -0.505 e. The van der Waals surface area contributed by atoms with Crippen molar-refractivity contribution in [3.63, 3.8) is 0 Å². The van der Waals surface area contributed by atoms with Crippen molar-refractivity contribution >= 4 is 0 Å². The molecule has 0 spiro atoms. The Morgan fingerprint density at radius 2 is 2.08 bits per heavy atom. The Morgan fingerprint density at radius 1 is 1.46 bits per heavy atom. The Kier molecular flexibility index (Phi) is 2.85. The normalized spacial score (nSPS) is 15.4. The van der Waals surface area contributed by atoms with Crippen molar-refractivity contribution in [3.8, 4) is 5.75 Å². The summed E-state index contributed by atoms with van der Waals surface area (Å²) in [5.74, 6) is -1.29. The van der Waals surface area contributed by atoms with E-state index in [9.17, 15) is 14.6 Å². The molecule has 72 valence electrons. The number of hydrogen-bond donors (Lipinski definition) is 3. The van der Waals surface area contributed by atoms with Crippen LogP contribution >= 0.6 is 0 Å². The van der Waals surface area contributed by atoms with Crippen LogP contribution in [0.3, 0.4) is 0 Å². The van der Waals surface area contributed by atoms with E-state index in [1.807, 2.05) is 0 Å². The number of rotatable bonds is 2. The molecule has 13 heavy (non-hydrogen) atoms. The van der Waals surface area contributed by atoms with Crippen LogP contribution in [0.4, 0.5) is 4.39 Å². The fourth-order valence-corrected chi connectivity index (χ4v) is 1.05. The first-order valence-corrected chi connectivity index (χ1v) is 3.95. The van der Waals surface area contributed by atoms with Gasteiger partial charge in [0.2, 0.25) is 0 Å². The van der Waals surface area contributed by atoms with Crippen molar-refractivity contribution in [2.75, 3.05) is 0 Å². The molecule has 0 radical (unpaired) electrons. The maximum Gasteiger partial charge on any atom is 0.165 e. The molecule has 3 nitrogen and oxygen atoms in total. The zero-order valence-electron chi connectivity index (χ0n) is 7.24. The lowest BCUT2D eigenvalue weighted by molar-refractivity contribution is 0.149. The summed E-state index contributed by atoms with van der Waals surface area (Å²) in [6.07, 6.45) is -1.05. The van der Waals surface area contributed by atoms with Gasteiger partial charge in [0.1, 0.15) is 0 Å². The van der Waals surface area contributed by atoms with Crippen molar-refractivity contribution in [2.45, 2.75) is 19.1 Å². The molecule has 1 rings (SSSR count). The van der Waals surface area contributed by atoms with Gasteiger partial charge in [-0.1, -0.05) is 12.1 Å². The van der Waals surface area contributed by atoms with Crippen LogP contribution in [-0.2, 0) is 0 Å². The average Bonchev–Trinajstić information content (AvgIpc) is 2.08. The van der Waals surface area contributed by atoms with E-state index in [0.29, 0.717) is 0 Å². The Balaban J connectivity index is 3.07. The topological polar surface area (TPSA) is 66.5 Å². The number of benzene rings is 1. The number of para-hydroxylation sites is 1. The molecule has 0 saturated carbocycles. The van der Waals surface area contributed by atoms with E-state index in [1.165, 1.54) is 12.1 Å². The van der Waals surface area contributed by atoms with Gasteiger partial charge in [-0.15, -0.1) is 0 Å². The molecule has 2 atom stereocenters. The summed E-state index contributed by atoms with van der Waals surface area (Å²) in [5.41, 5.74) is 5.52. The van der Waals surface area contributed by atoms with Gasteiger partial charge in [-0.05, 0) is 13.0 Å². The fourth-order valence-electron chi connectivity index (χ4n) is 1.05. The van der Waals surface area contributed by atoms with Gasteiger partial charge in [0.05, 0.1) is 6.10 Å². The Bertz CT molecular complexity index is 302. The quantitative estimate of drug-likeness (QED) is 0.641. The first-order valence-electron chi connectivity index (χ1n) is 3.95. The van der Waals surface area contributed by atoms with Crippen molar-refractivity contribution < 1.29 is 14.6 Å². The van der Waals surface area contributed by atoms with E-state index < -0.39 is 23.7 Å². The first kappa shape index (κ1) is 9.95. The number of aromatic hydroxyl groups is 1. The van der Waals surface area contributed by atoms with Crippen LogP contribution in [0.5, 0.6) is 5.75 Å². The first-order chi connectivity index (χ1) is 6.04. The monoisotopic (exact) mass is 185 g/mol. The van der Waals surface area contributed by atoms with Gasteiger partial charge < -0.3 is 15.9 Å². The van der Waals surface area contributed by atoms with Gasteiger partial charge in [-0.25, -0.2) is 4.39 Å². The van der Waals surface area contributed by atoms with E-state index in [0.717, 1.165) is 6.07 Å². The number of phenols is 1. The average molecular weight is 185 g/mol. The summed E-state index contributed by atoms with van der Waals surface area (Å²) >= 11 is 0. The lowest BCUT2D eigenvalue weighted by Gasteiger charge is -2.15. The summed E-state index contributed by atoms with van der Waals surface area (Å²) in [7, 11) is 0. The van der Waals surface area contributed by atoms with E-state index in [4.69, 9.17) is 5.73 Å². The smallest absolute Gasteiger partial charge is 0.165 e. The molecule has 0 unspecified atom stereocenters. The third kappa shape index (κ3) is 1.96. The predicted octanol–water partition coefficient (Wildman–Crippen LogP) is 0.912. The van der Waals surface area contributed by atoms with Gasteiger partial charge in [-0.3, -0.25) is 0 Å². The molecule has 4 N–H and O–H groups in total. The maximum absolute atomic E-state index is 12.8. The predicted molar refractivity (Wildman–Crippen MR) is 46.7 cm³/mol. The van der Waals surface area contributed by atoms with Gasteiger partial charge in [-0.2, -0.15) is 0 Å². The van der Waals surface area contributed by atoms with Crippen LogP contribution in [-0.4, -0.2) is 16.3 Å². The molecule has 0 amide bonds. The van der Waals surface area contributed by atoms with Crippen molar-refractivity contribution in [1.82, 2.24) is 0 Å². The largest absolute Gasteiger partial charge is 0.505 e. The zero-order chi connectivity index (χ0) is 10.0. The third-order valence-electron chi connectivity index (χ3n) is 1.83. The number of nitrogens with two attached hydrogens (primary N) is 1. The summed E-state index contributed by atoms with van der Waals surface area (Å²) in [5, 5.41) is 18.7. The summed E-state index contributed by atoms with van der Waals surface area (Å²) < 4.78 is 12.8. The maximum atomic E-state index is 12.8. The minimum atomic E-state index is -1.05. The molecule has 0 aliphatic rings. The van der Waals surface area contributed by atoms with Crippen molar-refractivity contribution in [1.29, 1.82) is 0 Å². The lowest BCUT2D eigenvalue weighted by atomic mass is 10.0. The molecule has 0 bridgehead atoms. The number of hydrogen-bond acceptors (Lipinski definition) is 3. The molecule has 1 aromatic carbocycles. The highest BCUT2D eigenvalue weighted by Crippen LogP contribution is 2.27. The molecule has 0 aromatic heterocycles. The molecule has 0 fully saturated rings. The SMILES string of the molecule is C[C@H](N)[C@H](O)c1cccc(F)c1O. The highest BCUT2D eigenvalue weighted by molar-refractivity contribution is 5.35. The number of aliphatic hydroxyl groups excluding tert-OH is 1. The van der Waals surface area contributed by atoms with Crippen LogP contribution in [0.2, 0.25) is 0 Å². The van der Waals surface area contributed by atoms with Crippen LogP contribution < -0.4 is 5.73 Å². The van der Waals surface area contributed by atoms with Crippen LogP contribution in [0.1, 0.15) is 18.6 Å². The number of halogens is 1. The number of aliphatic hydroxyl groups is 1. The zero-order valence-corrected chi connectivity index (χ0v) is 7.24. The molecule has 0 saturated heterocycles. The molecular formula is C9H12FNO2. The van der Waals surface area contributed by atoms with Crippen molar-refractivity contribution in [3.05, 3.63) is 29.6 Å². The Hall–Kier alpha value is -1.13. The second kappa shape index (κ2) is 3.72. The summed E-state index contributed by atoms with van der Waals surface area (Å²) in [6, 6.07) is 3.42. The van der Waals surface area contributed by atoms with Gasteiger partial charge >= 0.3 is 0 Å². The Labute approximate surface area is 75.6 Å². The summed E-state index contributed by atoms with van der Waals surface area (Å²) in [6.45, 7) is 1.58. The highest BCUT2D eigenvalue weighted by Gasteiger charge is 2.17. The molecule has 0 aliphatic carbocycles. The fraction of sp³-hybridized carbons (Fsp3) is 0.333. The van der Waals surface area contributed by atoms with Gasteiger partial charge in [0, 0.05) is 11.6 Å². The van der Waals surface area contributed by atoms with Crippen molar-refractivity contribution in [2.24, 2.45) is 5.73 Å². The number of phenolic OH excluding ortho intramolecular Hbond substituents is 1. The molecule has 0 heterocycles. The van der Waals surface area contributed by atoms with Crippen LogP contribution in [0.15, 0.2) is 18.2 Å². The molecular weight excluding hydrogens is 173 g/mol.